The molecule has 2 aromatic carbocycles. The normalized spacial score (nSPS) is 10.6. The Morgan fingerprint density at radius 2 is 1.77 bits per heavy atom. The van der Waals surface area contributed by atoms with Crippen molar-refractivity contribution in [2.45, 2.75) is 0 Å². The lowest BCUT2D eigenvalue weighted by Crippen LogP contribution is -1.88. The monoisotopic (exact) mass is 316 g/mol. The van der Waals surface area contributed by atoms with E-state index in [9.17, 15) is 15.2 Å². The van der Waals surface area contributed by atoms with Gasteiger partial charge in [-0.15, -0.1) is 10.2 Å². The Hall–Kier alpha value is -2.93. The lowest BCUT2D eigenvalue weighted by atomic mass is 10.2. The largest absolute Gasteiger partial charge is 0.507 e. The standard InChI is InChI=1S/C14H9ClN4O3/c15-9-3-6-12(20)11(7-9)14-16-13(17-18-14)8-1-4-10(5-2-8)19(21)22/h1-7,20H,(H,16,17,18). The molecule has 0 saturated carbocycles. The van der Waals surface area contributed by atoms with Gasteiger partial charge >= 0.3 is 0 Å². The summed E-state index contributed by atoms with van der Waals surface area (Å²) in [7, 11) is 0. The number of phenolic OH excluding ortho intramolecular Hbond substituents is 1. The van der Waals surface area contributed by atoms with Crippen LogP contribution in [0.25, 0.3) is 22.8 Å². The summed E-state index contributed by atoms with van der Waals surface area (Å²) in [5, 5.41) is 28.9. The number of halogens is 1. The van der Waals surface area contributed by atoms with Crippen LogP contribution in [0.15, 0.2) is 42.5 Å². The minimum absolute atomic E-state index is 0.00373. The minimum atomic E-state index is -0.473. The summed E-state index contributed by atoms with van der Waals surface area (Å²) < 4.78 is 0. The molecule has 3 rings (SSSR count). The Morgan fingerprint density at radius 3 is 2.45 bits per heavy atom. The zero-order chi connectivity index (χ0) is 15.7. The summed E-state index contributed by atoms with van der Waals surface area (Å²) in [6.45, 7) is 0. The third kappa shape index (κ3) is 2.61. The molecule has 0 aliphatic rings. The number of non-ortho nitro benzene ring substituents is 1. The molecular weight excluding hydrogens is 308 g/mol. The van der Waals surface area contributed by atoms with E-state index >= 15 is 0 Å². The van der Waals surface area contributed by atoms with Gasteiger partial charge in [0, 0.05) is 22.7 Å². The first kappa shape index (κ1) is 14.0. The molecule has 1 aromatic heterocycles. The van der Waals surface area contributed by atoms with E-state index in [-0.39, 0.29) is 11.4 Å². The quantitative estimate of drug-likeness (QED) is 0.569. The number of aromatic nitrogens is 3. The number of hydrogen-bond donors (Lipinski definition) is 2. The summed E-state index contributed by atoms with van der Waals surface area (Å²) in [6, 6.07) is 10.5. The van der Waals surface area contributed by atoms with Crippen molar-refractivity contribution in [1.82, 2.24) is 15.2 Å². The first-order valence-electron chi connectivity index (χ1n) is 6.21. The van der Waals surface area contributed by atoms with Crippen molar-refractivity contribution in [3.8, 4) is 28.5 Å². The van der Waals surface area contributed by atoms with Crippen LogP contribution in [0.2, 0.25) is 5.02 Å². The third-order valence-electron chi connectivity index (χ3n) is 3.05. The molecular formula is C14H9ClN4O3. The molecule has 0 amide bonds. The van der Waals surface area contributed by atoms with Crippen LogP contribution >= 0.6 is 11.6 Å². The average molecular weight is 317 g/mol. The average Bonchev–Trinajstić information content (AvgIpc) is 2.99. The summed E-state index contributed by atoms with van der Waals surface area (Å²) in [6.07, 6.45) is 0. The summed E-state index contributed by atoms with van der Waals surface area (Å²) in [5.74, 6) is 0.813. The Bertz CT molecular complexity index is 846. The van der Waals surface area contributed by atoms with E-state index in [0.29, 0.717) is 27.8 Å². The van der Waals surface area contributed by atoms with Crippen molar-refractivity contribution in [2.24, 2.45) is 0 Å². The Labute approximate surface area is 129 Å². The summed E-state index contributed by atoms with van der Waals surface area (Å²) >= 11 is 5.90. The van der Waals surface area contributed by atoms with E-state index in [4.69, 9.17) is 11.6 Å². The summed E-state index contributed by atoms with van der Waals surface area (Å²) in [4.78, 5) is 13.1. The molecule has 0 aliphatic heterocycles. The van der Waals surface area contributed by atoms with E-state index < -0.39 is 4.92 Å². The number of aromatic hydroxyl groups is 1. The predicted molar refractivity (Wildman–Crippen MR) is 80.6 cm³/mol. The van der Waals surface area contributed by atoms with E-state index in [1.165, 1.54) is 18.2 Å². The highest BCUT2D eigenvalue weighted by Gasteiger charge is 2.12. The van der Waals surface area contributed by atoms with Gasteiger partial charge < -0.3 is 10.1 Å². The van der Waals surface area contributed by atoms with Crippen LogP contribution in [0.3, 0.4) is 0 Å². The molecule has 22 heavy (non-hydrogen) atoms. The van der Waals surface area contributed by atoms with Crippen LogP contribution in [-0.2, 0) is 0 Å². The highest BCUT2D eigenvalue weighted by molar-refractivity contribution is 6.30. The van der Waals surface area contributed by atoms with Crippen LogP contribution in [0.1, 0.15) is 0 Å². The number of H-pyrrole nitrogens is 1. The second kappa shape index (κ2) is 5.45. The van der Waals surface area contributed by atoms with E-state index in [2.05, 4.69) is 15.2 Å². The predicted octanol–water partition coefficient (Wildman–Crippen LogP) is 3.41. The highest BCUT2D eigenvalue weighted by atomic mass is 35.5. The molecule has 0 radical (unpaired) electrons. The Morgan fingerprint density at radius 1 is 1.09 bits per heavy atom. The lowest BCUT2D eigenvalue weighted by molar-refractivity contribution is -0.384. The van der Waals surface area contributed by atoms with Crippen molar-refractivity contribution in [3.05, 3.63) is 57.6 Å². The number of nitro benzene ring substituents is 1. The second-order valence-corrected chi connectivity index (χ2v) is 4.92. The Balaban J connectivity index is 1.96. The van der Waals surface area contributed by atoms with Crippen LogP contribution in [-0.4, -0.2) is 25.2 Å². The molecule has 110 valence electrons. The first-order chi connectivity index (χ1) is 10.5. The van der Waals surface area contributed by atoms with Crippen molar-refractivity contribution < 1.29 is 10.0 Å². The van der Waals surface area contributed by atoms with Crippen molar-refractivity contribution in [2.75, 3.05) is 0 Å². The highest BCUT2D eigenvalue weighted by Crippen LogP contribution is 2.30. The van der Waals surface area contributed by atoms with Gasteiger partial charge in [0.25, 0.3) is 5.69 Å². The summed E-state index contributed by atoms with van der Waals surface area (Å²) in [5.41, 5.74) is 1.06. The van der Waals surface area contributed by atoms with E-state index in [0.717, 1.165) is 0 Å². The molecule has 7 nitrogen and oxygen atoms in total. The van der Waals surface area contributed by atoms with Crippen LogP contribution in [0, 0.1) is 10.1 Å². The van der Waals surface area contributed by atoms with Crippen LogP contribution < -0.4 is 0 Å². The number of rotatable bonds is 3. The lowest BCUT2D eigenvalue weighted by Gasteiger charge is -2.01. The molecule has 0 atom stereocenters. The molecule has 0 spiro atoms. The van der Waals surface area contributed by atoms with Gasteiger partial charge in [0.15, 0.2) is 11.6 Å². The minimum Gasteiger partial charge on any atom is -0.507 e. The molecule has 0 fully saturated rings. The maximum absolute atomic E-state index is 10.6. The zero-order valence-electron chi connectivity index (χ0n) is 11.0. The fraction of sp³-hybridized carbons (Fsp3) is 0. The number of aromatic amines is 1. The number of nitrogens with one attached hydrogen (secondary N) is 1. The smallest absolute Gasteiger partial charge is 0.269 e. The molecule has 0 saturated heterocycles. The molecule has 1 heterocycles. The molecule has 2 N–H and O–H groups in total. The van der Waals surface area contributed by atoms with Crippen molar-refractivity contribution in [3.63, 3.8) is 0 Å². The molecule has 0 bridgehead atoms. The fourth-order valence-electron chi connectivity index (χ4n) is 1.95. The number of hydrogen-bond acceptors (Lipinski definition) is 5. The van der Waals surface area contributed by atoms with Gasteiger partial charge in [-0.2, -0.15) is 0 Å². The Kier molecular flexibility index (Phi) is 3.48. The number of benzene rings is 2. The van der Waals surface area contributed by atoms with E-state index in [1.807, 2.05) is 0 Å². The number of nitrogens with zero attached hydrogens (tertiary/aromatic N) is 3. The first-order valence-corrected chi connectivity index (χ1v) is 6.59. The number of nitro groups is 1. The van der Waals surface area contributed by atoms with Crippen molar-refractivity contribution in [1.29, 1.82) is 0 Å². The molecule has 8 heteroatoms. The van der Waals surface area contributed by atoms with Crippen molar-refractivity contribution >= 4 is 17.3 Å². The van der Waals surface area contributed by atoms with Crippen LogP contribution in [0.4, 0.5) is 5.69 Å². The van der Waals surface area contributed by atoms with Gasteiger partial charge in [0.1, 0.15) is 5.75 Å². The SMILES string of the molecule is O=[N+]([O-])c1ccc(-c2nnc(-c3cc(Cl)ccc3O)[nH]2)cc1. The van der Waals surface area contributed by atoms with Gasteiger partial charge in [-0.25, -0.2) is 0 Å². The van der Waals surface area contributed by atoms with Gasteiger partial charge in [-0.1, -0.05) is 11.6 Å². The van der Waals surface area contributed by atoms with Gasteiger partial charge in [-0.05, 0) is 30.3 Å². The third-order valence-corrected chi connectivity index (χ3v) is 3.29. The maximum atomic E-state index is 10.6. The van der Waals surface area contributed by atoms with Gasteiger partial charge in [0.05, 0.1) is 10.5 Å². The van der Waals surface area contributed by atoms with Crippen LogP contribution in [0.5, 0.6) is 5.75 Å². The maximum Gasteiger partial charge on any atom is 0.269 e. The zero-order valence-corrected chi connectivity index (χ0v) is 11.8. The molecule has 0 unspecified atom stereocenters. The topological polar surface area (TPSA) is 105 Å². The second-order valence-electron chi connectivity index (χ2n) is 4.49. The van der Waals surface area contributed by atoms with Gasteiger partial charge in [0.2, 0.25) is 0 Å². The number of phenols is 1. The molecule has 0 aliphatic carbocycles. The fourth-order valence-corrected chi connectivity index (χ4v) is 2.12. The van der Waals surface area contributed by atoms with E-state index in [1.54, 1.807) is 24.3 Å². The van der Waals surface area contributed by atoms with Gasteiger partial charge in [-0.3, -0.25) is 10.1 Å². The molecule has 3 aromatic rings.